The van der Waals surface area contributed by atoms with E-state index in [1.54, 1.807) is 12.4 Å². The van der Waals surface area contributed by atoms with E-state index in [0.29, 0.717) is 5.92 Å². The molecule has 3 aliphatic heterocycles. The van der Waals surface area contributed by atoms with Gasteiger partial charge in [0.05, 0.1) is 6.04 Å². The summed E-state index contributed by atoms with van der Waals surface area (Å²) in [6.45, 7) is 2.18. The molecule has 3 aliphatic rings. The summed E-state index contributed by atoms with van der Waals surface area (Å²) in [7, 11) is 0. The Morgan fingerprint density at radius 3 is 2.00 bits per heavy atom. The smallest absolute Gasteiger partial charge is 0.172 e. The second-order valence-corrected chi connectivity index (χ2v) is 8.27. The van der Waals surface area contributed by atoms with Crippen LogP contribution < -0.4 is 0 Å². The second-order valence-electron chi connectivity index (χ2n) is 8.27. The van der Waals surface area contributed by atoms with Crippen LogP contribution in [0.4, 0.5) is 0 Å². The van der Waals surface area contributed by atoms with Crippen LogP contribution in [0.15, 0.2) is 90.2 Å². The zero-order chi connectivity index (χ0) is 20.3. The van der Waals surface area contributed by atoms with E-state index < -0.39 is 6.23 Å². The Morgan fingerprint density at radius 1 is 0.833 bits per heavy atom. The molecular weight excluding hydrogens is 370 g/mol. The van der Waals surface area contributed by atoms with Gasteiger partial charge < -0.3 is 5.11 Å². The highest BCUT2D eigenvalue weighted by atomic mass is 16.3. The molecule has 0 saturated carbocycles. The van der Waals surface area contributed by atoms with Crippen LogP contribution in [-0.4, -0.2) is 39.8 Å². The number of pyridine rings is 1. The summed E-state index contributed by atoms with van der Waals surface area (Å²) in [5.41, 5.74) is 4.48. The van der Waals surface area contributed by atoms with Crippen molar-refractivity contribution >= 4 is 5.71 Å². The van der Waals surface area contributed by atoms with E-state index >= 15 is 0 Å². The Hall–Kier alpha value is -2.82. The van der Waals surface area contributed by atoms with E-state index in [0.717, 1.165) is 37.2 Å². The molecule has 2 aromatic carbocycles. The predicted molar refractivity (Wildman–Crippen MR) is 119 cm³/mol. The SMILES string of the molecule is OC(N=C1C2CCN(CC2)C1C(c1ccccc1)c1ccccc1)c1cccnc1. The van der Waals surface area contributed by atoms with E-state index in [1.807, 2.05) is 12.1 Å². The Morgan fingerprint density at radius 2 is 1.43 bits per heavy atom. The van der Waals surface area contributed by atoms with Crippen LogP contribution in [0.3, 0.4) is 0 Å². The Labute approximate surface area is 177 Å². The van der Waals surface area contributed by atoms with Crippen molar-refractivity contribution in [2.24, 2.45) is 10.9 Å². The standard InChI is InChI=1S/C26H27N3O/c30-26(22-12-7-15-27-18-22)28-24-21-13-16-29(17-14-21)25(24)23(19-8-3-1-4-9-19)20-10-5-2-6-11-20/h1-12,15,18,21,23,25-26,30H,13-14,16-17H2. The number of hydrogen-bond acceptors (Lipinski definition) is 4. The van der Waals surface area contributed by atoms with Gasteiger partial charge in [0.1, 0.15) is 0 Å². The molecule has 2 atom stereocenters. The lowest BCUT2D eigenvalue weighted by Gasteiger charge is -2.50. The van der Waals surface area contributed by atoms with Gasteiger partial charge in [0.25, 0.3) is 0 Å². The molecule has 3 fully saturated rings. The van der Waals surface area contributed by atoms with Gasteiger partial charge in [-0.05, 0) is 43.1 Å². The van der Waals surface area contributed by atoms with Crippen molar-refractivity contribution in [3.05, 3.63) is 102 Å². The van der Waals surface area contributed by atoms with E-state index in [4.69, 9.17) is 4.99 Å². The number of nitrogens with zero attached hydrogens (tertiary/aromatic N) is 3. The van der Waals surface area contributed by atoms with Gasteiger partial charge >= 0.3 is 0 Å². The van der Waals surface area contributed by atoms with Crippen LogP contribution in [0, 0.1) is 5.92 Å². The van der Waals surface area contributed by atoms with Crippen molar-refractivity contribution in [3.8, 4) is 0 Å². The number of rotatable bonds is 5. The first kappa shape index (κ1) is 19.2. The lowest BCUT2D eigenvalue weighted by Crippen LogP contribution is -2.58. The number of aliphatic hydroxyl groups is 1. The second kappa shape index (κ2) is 8.50. The van der Waals surface area contributed by atoms with Crippen LogP contribution in [0.5, 0.6) is 0 Å². The van der Waals surface area contributed by atoms with Crippen LogP contribution in [0.1, 0.15) is 41.7 Å². The van der Waals surface area contributed by atoms with Gasteiger partial charge in [-0.1, -0.05) is 66.7 Å². The van der Waals surface area contributed by atoms with Crippen LogP contribution in [0.2, 0.25) is 0 Å². The van der Waals surface area contributed by atoms with Gasteiger partial charge in [0.15, 0.2) is 6.23 Å². The Bertz CT molecular complexity index is 943. The summed E-state index contributed by atoms with van der Waals surface area (Å²) in [6, 6.07) is 25.4. The molecule has 4 nitrogen and oxygen atoms in total. The number of fused-ring (bicyclic) bond motifs is 3. The maximum absolute atomic E-state index is 10.9. The molecular formula is C26H27N3O. The van der Waals surface area contributed by atoms with Gasteiger partial charge in [-0.3, -0.25) is 14.9 Å². The fourth-order valence-electron chi connectivity index (χ4n) is 5.09. The largest absolute Gasteiger partial charge is 0.368 e. The third kappa shape index (κ3) is 3.69. The van der Waals surface area contributed by atoms with Crippen molar-refractivity contribution in [1.29, 1.82) is 0 Å². The summed E-state index contributed by atoms with van der Waals surface area (Å²) in [4.78, 5) is 11.7. The summed E-state index contributed by atoms with van der Waals surface area (Å²) in [5, 5.41) is 10.9. The number of aromatic nitrogens is 1. The molecule has 6 rings (SSSR count). The van der Waals surface area contributed by atoms with E-state index in [2.05, 4.69) is 70.5 Å². The molecule has 4 heterocycles. The first-order valence-electron chi connectivity index (χ1n) is 10.8. The van der Waals surface area contributed by atoms with Gasteiger partial charge in [0, 0.05) is 35.5 Å². The van der Waals surface area contributed by atoms with Gasteiger partial charge in [-0.2, -0.15) is 0 Å². The fourth-order valence-corrected chi connectivity index (χ4v) is 5.09. The van der Waals surface area contributed by atoms with Crippen molar-refractivity contribution in [1.82, 2.24) is 9.88 Å². The average molecular weight is 398 g/mol. The maximum atomic E-state index is 10.9. The molecule has 1 N–H and O–H groups in total. The first-order valence-corrected chi connectivity index (χ1v) is 10.8. The third-order valence-corrected chi connectivity index (χ3v) is 6.53. The van der Waals surface area contributed by atoms with Crippen molar-refractivity contribution in [2.75, 3.05) is 13.1 Å². The highest BCUT2D eigenvalue weighted by Crippen LogP contribution is 2.41. The number of benzene rings is 2. The maximum Gasteiger partial charge on any atom is 0.172 e. The van der Waals surface area contributed by atoms with Crippen LogP contribution >= 0.6 is 0 Å². The van der Waals surface area contributed by atoms with Crippen molar-refractivity contribution in [2.45, 2.75) is 31.0 Å². The molecule has 152 valence electrons. The first-order chi connectivity index (χ1) is 14.8. The molecule has 3 aromatic rings. The zero-order valence-electron chi connectivity index (χ0n) is 17.0. The predicted octanol–water partition coefficient (Wildman–Crippen LogP) is 4.44. The highest BCUT2D eigenvalue weighted by molar-refractivity contribution is 5.94. The van der Waals surface area contributed by atoms with Gasteiger partial charge in [-0.25, -0.2) is 0 Å². The number of hydrogen-bond donors (Lipinski definition) is 1. The highest BCUT2D eigenvalue weighted by Gasteiger charge is 2.44. The average Bonchev–Trinajstić information content (AvgIpc) is 2.83. The number of aliphatic hydroxyl groups excluding tert-OH is 1. The fraction of sp³-hybridized carbons (Fsp3) is 0.308. The van der Waals surface area contributed by atoms with Crippen LogP contribution in [-0.2, 0) is 0 Å². The quantitative estimate of drug-likeness (QED) is 0.692. The lowest BCUT2D eigenvalue weighted by atomic mass is 9.72. The Balaban J connectivity index is 1.60. The van der Waals surface area contributed by atoms with E-state index in [9.17, 15) is 5.11 Å². The zero-order valence-corrected chi connectivity index (χ0v) is 17.0. The number of piperidine rings is 3. The number of aliphatic imine (C=N–C) groups is 1. The topological polar surface area (TPSA) is 48.7 Å². The minimum absolute atomic E-state index is 0.161. The molecule has 2 bridgehead atoms. The molecule has 2 unspecified atom stereocenters. The monoisotopic (exact) mass is 397 g/mol. The molecule has 0 amide bonds. The van der Waals surface area contributed by atoms with Crippen molar-refractivity contribution < 1.29 is 5.11 Å². The summed E-state index contributed by atoms with van der Waals surface area (Å²) >= 11 is 0. The molecule has 0 radical (unpaired) electrons. The lowest BCUT2D eigenvalue weighted by molar-refractivity contribution is 0.128. The van der Waals surface area contributed by atoms with Crippen molar-refractivity contribution in [3.63, 3.8) is 0 Å². The summed E-state index contributed by atoms with van der Waals surface area (Å²) < 4.78 is 0. The third-order valence-electron chi connectivity index (χ3n) is 6.53. The molecule has 4 heteroatoms. The molecule has 1 aromatic heterocycles. The van der Waals surface area contributed by atoms with Gasteiger partial charge in [-0.15, -0.1) is 0 Å². The van der Waals surface area contributed by atoms with Gasteiger partial charge in [0.2, 0.25) is 0 Å². The molecule has 0 spiro atoms. The van der Waals surface area contributed by atoms with E-state index in [1.165, 1.54) is 11.1 Å². The molecule has 0 aliphatic carbocycles. The summed E-state index contributed by atoms with van der Waals surface area (Å²) in [5.74, 6) is 0.622. The normalized spacial score (nSPS) is 25.5. The minimum Gasteiger partial charge on any atom is -0.368 e. The Kier molecular flexibility index (Phi) is 5.43. The summed E-state index contributed by atoms with van der Waals surface area (Å²) in [6.07, 6.45) is 4.79. The molecule has 3 saturated heterocycles. The molecule has 30 heavy (non-hydrogen) atoms. The van der Waals surface area contributed by atoms with E-state index in [-0.39, 0.29) is 12.0 Å². The van der Waals surface area contributed by atoms with Crippen LogP contribution in [0.25, 0.3) is 0 Å². The minimum atomic E-state index is -0.871.